The summed E-state index contributed by atoms with van der Waals surface area (Å²) < 4.78 is 43.6. The highest BCUT2D eigenvalue weighted by Gasteiger charge is 2.35. The number of benzene rings is 2. The minimum Gasteiger partial charge on any atom is -0.481 e. The van der Waals surface area contributed by atoms with Crippen LogP contribution in [0.4, 0.5) is 8.78 Å². The number of hydrogen-bond donors (Lipinski definition) is 0. The predicted molar refractivity (Wildman–Crippen MR) is 93.9 cm³/mol. The van der Waals surface area contributed by atoms with Gasteiger partial charge >= 0.3 is 0 Å². The van der Waals surface area contributed by atoms with E-state index in [0.29, 0.717) is 37.4 Å². The first-order valence-corrected chi connectivity index (χ1v) is 8.42. The van der Waals surface area contributed by atoms with Gasteiger partial charge in [0.25, 0.3) is 0 Å². The van der Waals surface area contributed by atoms with E-state index in [1.165, 1.54) is 24.3 Å². The lowest BCUT2D eigenvalue weighted by Gasteiger charge is -2.36. The van der Waals surface area contributed by atoms with Crippen LogP contribution in [0.1, 0.15) is 24.0 Å². The summed E-state index contributed by atoms with van der Waals surface area (Å²) in [6, 6.07) is 10.5. The van der Waals surface area contributed by atoms with Crippen LogP contribution in [-0.4, -0.2) is 26.9 Å². The molecule has 0 aromatic heterocycles. The van der Waals surface area contributed by atoms with Crippen molar-refractivity contribution in [3.8, 4) is 17.6 Å². The normalized spacial score (nSPS) is 15.8. The van der Waals surface area contributed by atoms with Gasteiger partial charge in [0.2, 0.25) is 0 Å². The minimum absolute atomic E-state index is 0.101. The molecule has 0 bridgehead atoms. The lowest BCUT2D eigenvalue weighted by Crippen LogP contribution is -2.35. The number of rotatable bonds is 4. The van der Waals surface area contributed by atoms with Gasteiger partial charge < -0.3 is 14.2 Å². The highest BCUT2D eigenvalue weighted by Crippen LogP contribution is 2.37. The molecule has 1 aliphatic heterocycles. The monoisotopic (exact) mass is 358 g/mol. The van der Waals surface area contributed by atoms with E-state index in [1.807, 2.05) is 0 Å². The van der Waals surface area contributed by atoms with Crippen LogP contribution < -0.4 is 4.74 Å². The third-order valence-corrected chi connectivity index (χ3v) is 4.48. The molecule has 26 heavy (non-hydrogen) atoms. The summed E-state index contributed by atoms with van der Waals surface area (Å²) in [7, 11) is 1.63. The Hall–Kier alpha value is -2.42. The van der Waals surface area contributed by atoms with Gasteiger partial charge in [-0.1, -0.05) is 11.8 Å². The van der Waals surface area contributed by atoms with Crippen LogP contribution in [0.2, 0.25) is 0 Å². The number of halogens is 2. The molecule has 0 N–H and O–H groups in total. The third kappa shape index (κ3) is 4.40. The Kier molecular flexibility index (Phi) is 5.87. The molecule has 3 rings (SSSR count). The summed E-state index contributed by atoms with van der Waals surface area (Å²) in [6.07, 6.45) is 1.33. The van der Waals surface area contributed by atoms with Crippen molar-refractivity contribution in [2.24, 2.45) is 0 Å². The van der Waals surface area contributed by atoms with Crippen LogP contribution in [0.25, 0.3) is 0 Å². The fourth-order valence-corrected chi connectivity index (χ4v) is 3.01. The van der Waals surface area contributed by atoms with Crippen LogP contribution in [0, 0.1) is 23.5 Å². The Bertz CT molecular complexity index is 800. The van der Waals surface area contributed by atoms with Crippen LogP contribution in [0.3, 0.4) is 0 Å². The van der Waals surface area contributed by atoms with Gasteiger partial charge in [-0.2, -0.15) is 0 Å². The second-order valence-electron chi connectivity index (χ2n) is 6.08. The molecule has 3 nitrogen and oxygen atoms in total. The van der Waals surface area contributed by atoms with Crippen molar-refractivity contribution in [1.82, 2.24) is 0 Å². The quantitative estimate of drug-likeness (QED) is 0.772. The Balaban J connectivity index is 1.71. The zero-order chi connectivity index (χ0) is 18.4. The molecule has 1 saturated heterocycles. The summed E-state index contributed by atoms with van der Waals surface area (Å²) in [6.45, 7) is 1.25. The summed E-state index contributed by atoms with van der Waals surface area (Å²) >= 11 is 0. The average Bonchev–Trinajstić information content (AvgIpc) is 2.67. The van der Waals surface area contributed by atoms with Gasteiger partial charge in [-0.3, -0.25) is 0 Å². The van der Waals surface area contributed by atoms with E-state index < -0.39 is 5.60 Å². The van der Waals surface area contributed by atoms with E-state index in [0.717, 1.165) is 5.56 Å². The van der Waals surface area contributed by atoms with Crippen LogP contribution in [0.15, 0.2) is 42.5 Å². The van der Waals surface area contributed by atoms with Crippen molar-refractivity contribution >= 4 is 0 Å². The molecule has 1 fully saturated rings. The minimum atomic E-state index is -0.557. The van der Waals surface area contributed by atoms with Crippen molar-refractivity contribution in [2.45, 2.75) is 18.4 Å². The molecular formula is C21H20F2O3. The maximum absolute atomic E-state index is 14.1. The fraction of sp³-hybridized carbons (Fsp3) is 0.333. The van der Waals surface area contributed by atoms with Crippen molar-refractivity contribution < 1.29 is 23.0 Å². The Morgan fingerprint density at radius 3 is 2.46 bits per heavy atom. The van der Waals surface area contributed by atoms with Crippen LogP contribution in [0.5, 0.6) is 5.75 Å². The SMILES string of the molecule is COC1(c2cc(F)cc(OCC#Cc3ccc(F)cc3)c2)CCOCC1. The topological polar surface area (TPSA) is 27.7 Å². The molecule has 0 spiro atoms. The van der Waals surface area contributed by atoms with Crippen LogP contribution in [-0.2, 0) is 15.1 Å². The molecule has 136 valence electrons. The van der Waals surface area contributed by atoms with E-state index in [2.05, 4.69) is 11.8 Å². The molecule has 0 radical (unpaired) electrons. The van der Waals surface area contributed by atoms with Gasteiger partial charge in [0, 0.05) is 44.8 Å². The van der Waals surface area contributed by atoms with E-state index in [1.54, 1.807) is 25.3 Å². The second-order valence-corrected chi connectivity index (χ2v) is 6.08. The first-order valence-electron chi connectivity index (χ1n) is 8.42. The number of methoxy groups -OCH3 is 1. The largest absolute Gasteiger partial charge is 0.481 e. The van der Waals surface area contributed by atoms with Crippen molar-refractivity contribution in [3.05, 3.63) is 65.2 Å². The second kappa shape index (κ2) is 8.31. The zero-order valence-electron chi connectivity index (χ0n) is 14.6. The third-order valence-electron chi connectivity index (χ3n) is 4.48. The summed E-state index contributed by atoms with van der Waals surface area (Å²) in [5.74, 6) is 5.43. The average molecular weight is 358 g/mol. The molecule has 0 aliphatic carbocycles. The van der Waals surface area contributed by atoms with E-state index in [4.69, 9.17) is 14.2 Å². The van der Waals surface area contributed by atoms with Gasteiger partial charge in [-0.25, -0.2) is 8.78 Å². The molecule has 1 heterocycles. The van der Waals surface area contributed by atoms with E-state index in [9.17, 15) is 8.78 Å². The van der Waals surface area contributed by atoms with Gasteiger partial charge in [0.05, 0.1) is 5.60 Å². The molecule has 1 aliphatic rings. The van der Waals surface area contributed by atoms with E-state index >= 15 is 0 Å². The maximum Gasteiger partial charge on any atom is 0.149 e. The van der Waals surface area contributed by atoms with Gasteiger partial charge in [0.1, 0.15) is 24.0 Å². The maximum atomic E-state index is 14.1. The van der Waals surface area contributed by atoms with Crippen LogP contribution >= 0.6 is 0 Å². The van der Waals surface area contributed by atoms with Gasteiger partial charge in [-0.05, 0) is 42.0 Å². The molecule has 2 aromatic rings. The highest BCUT2D eigenvalue weighted by molar-refractivity contribution is 5.36. The smallest absolute Gasteiger partial charge is 0.149 e. The molecule has 0 unspecified atom stereocenters. The van der Waals surface area contributed by atoms with Crippen molar-refractivity contribution in [2.75, 3.05) is 26.9 Å². The Morgan fingerprint density at radius 1 is 1.04 bits per heavy atom. The number of ether oxygens (including phenoxy) is 3. The first-order chi connectivity index (χ1) is 12.6. The molecule has 5 heteroatoms. The standard InChI is InChI=1S/C21H20F2O3/c1-24-21(8-11-25-12-9-21)17-13-19(23)15-20(14-17)26-10-2-3-16-4-6-18(22)7-5-16/h4-7,13-15H,8-12H2,1H3. The molecule has 0 atom stereocenters. The summed E-state index contributed by atoms with van der Waals surface area (Å²) in [4.78, 5) is 0. The molecule has 2 aromatic carbocycles. The Labute approximate surface area is 151 Å². The number of hydrogen-bond acceptors (Lipinski definition) is 3. The zero-order valence-corrected chi connectivity index (χ0v) is 14.6. The van der Waals surface area contributed by atoms with Gasteiger partial charge in [0.15, 0.2) is 0 Å². The molecule has 0 amide bonds. The Morgan fingerprint density at radius 2 is 1.77 bits per heavy atom. The molecular weight excluding hydrogens is 338 g/mol. The van der Waals surface area contributed by atoms with Crippen molar-refractivity contribution in [1.29, 1.82) is 0 Å². The summed E-state index contributed by atoms with van der Waals surface area (Å²) in [5, 5.41) is 0. The lowest BCUT2D eigenvalue weighted by molar-refractivity contribution is -0.0950. The molecule has 0 saturated carbocycles. The fourth-order valence-electron chi connectivity index (χ4n) is 3.01. The van der Waals surface area contributed by atoms with E-state index in [-0.39, 0.29) is 18.2 Å². The van der Waals surface area contributed by atoms with Crippen molar-refractivity contribution in [3.63, 3.8) is 0 Å². The predicted octanol–water partition coefficient (Wildman–Crippen LogP) is 4.05. The highest BCUT2D eigenvalue weighted by atomic mass is 19.1. The first kappa shape index (κ1) is 18.4. The summed E-state index contributed by atoms with van der Waals surface area (Å²) in [5.41, 5.74) is 0.874. The lowest BCUT2D eigenvalue weighted by atomic mass is 9.86. The van der Waals surface area contributed by atoms with Gasteiger partial charge in [-0.15, -0.1) is 0 Å².